The van der Waals surface area contributed by atoms with Gasteiger partial charge < -0.3 is 10.1 Å². The number of rotatable bonds is 5. The minimum absolute atomic E-state index is 0.0694. The molecule has 0 fully saturated rings. The summed E-state index contributed by atoms with van der Waals surface area (Å²) in [5.41, 5.74) is 0.00576. The van der Waals surface area contributed by atoms with Crippen LogP contribution in [0.1, 0.15) is 10.4 Å². The van der Waals surface area contributed by atoms with Crippen molar-refractivity contribution < 1.29 is 23.1 Å². The van der Waals surface area contributed by atoms with E-state index >= 15 is 0 Å². The molecule has 0 spiro atoms. The zero-order valence-corrected chi connectivity index (χ0v) is 17.2. The number of carbonyl (C=O) groups is 2. The molecule has 0 heterocycles. The Bertz CT molecular complexity index is 912. The fourth-order valence-electron chi connectivity index (χ4n) is 1.86. The monoisotopic (exact) mass is 490 g/mol. The first-order valence-corrected chi connectivity index (χ1v) is 9.23. The Hall–Kier alpha value is -1.51. The summed E-state index contributed by atoms with van der Waals surface area (Å²) in [7, 11) is 0. The molecule has 0 unspecified atom stereocenters. The van der Waals surface area contributed by atoms with Crippen LogP contribution in [0.25, 0.3) is 0 Å². The molecular weight excluding hydrogens is 483 g/mol. The van der Waals surface area contributed by atoms with Crippen LogP contribution >= 0.6 is 58.0 Å². The fourth-order valence-corrected chi connectivity index (χ4v) is 2.58. The molecule has 0 saturated heterocycles. The molecule has 150 valence electrons. The van der Waals surface area contributed by atoms with E-state index in [0.717, 1.165) is 12.1 Å². The van der Waals surface area contributed by atoms with E-state index in [9.17, 15) is 18.4 Å². The van der Waals surface area contributed by atoms with Gasteiger partial charge in [0, 0.05) is 6.07 Å². The van der Waals surface area contributed by atoms with Crippen LogP contribution in [-0.4, -0.2) is 22.9 Å². The van der Waals surface area contributed by atoms with E-state index in [1.54, 1.807) is 12.1 Å². The highest BCUT2D eigenvalue weighted by molar-refractivity contribution is 6.45. The molecule has 0 atom stereocenters. The van der Waals surface area contributed by atoms with Crippen molar-refractivity contribution in [3.63, 3.8) is 0 Å². The maximum atomic E-state index is 13.5. The van der Waals surface area contributed by atoms with Gasteiger partial charge in [-0.1, -0.05) is 70.1 Å². The topological polar surface area (TPSA) is 67.4 Å². The third-order valence-corrected chi connectivity index (χ3v) is 4.56. The maximum absolute atomic E-state index is 13.5. The van der Waals surface area contributed by atoms with E-state index in [-0.39, 0.29) is 26.3 Å². The summed E-state index contributed by atoms with van der Waals surface area (Å²) in [6.45, 7) is 0. The number of ether oxygens (including phenoxy) is 1. The Morgan fingerprint density at radius 2 is 1.64 bits per heavy atom. The van der Waals surface area contributed by atoms with Crippen LogP contribution in [-0.2, 0) is 0 Å². The van der Waals surface area contributed by atoms with Crippen molar-refractivity contribution in [2.45, 2.75) is 10.9 Å². The molecule has 0 aromatic heterocycles. The SMILES string of the molecule is O=C(NC(=O)c1ccccc1Cl)Nc1cc(Cl)c(OC(F)(F)C(Cl)Cl)cc1Cl. The standard InChI is InChI=1S/C16H9Cl5F2N2O3/c17-8-4-2-1-3-7(8)13(26)25-15(27)24-11-5-10(19)12(6-9(11)18)28-16(22,23)14(20)21/h1-6,14H,(H2,24,25,26,27). The predicted molar refractivity (Wildman–Crippen MR) is 105 cm³/mol. The Kier molecular flexibility index (Phi) is 7.59. The molecule has 2 aromatic rings. The Balaban J connectivity index is 2.12. The van der Waals surface area contributed by atoms with Crippen molar-refractivity contribution >= 4 is 75.6 Å². The highest BCUT2D eigenvalue weighted by Crippen LogP contribution is 2.38. The second kappa shape index (κ2) is 9.33. The number of nitrogens with one attached hydrogen (secondary N) is 2. The number of urea groups is 1. The first-order chi connectivity index (χ1) is 13.0. The second-order valence-electron chi connectivity index (χ2n) is 5.12. The van der Waals surface area contributed by atoms with Crippen molar-refractivity contribution in [3.8, 4) is 5.75 Å². The highest BCUT2D eigenvalue weighted by Gasteiger charge is 2.41. The number of anilines is 1. The van der Waals surface area contributed by atoms with Crippen molar-refractivity contribution in [2.75, 3.05) is 5.32 Å². The molecule has 0 aliphatic carbocycles. The molecule has 0 saturated carbocycles. The average molecular weight is 493 g/mol. The molecule has 2 rings (SSSR count). The first-order valence-electron chi connectivity index (χ1n) is 7.22. The van der Waals surface area contributed by atoms with E-state index in [0.29, 0.717) is 0 Å². The molecule has 0 aliphatic rings. The molecule has 0 aliphatic heterocycles. The molecule has 0 radical (unpaired) electrons. The third kappa shape index (κ3) is 5.75. The summed E-state index contributed by atoms with van der Waals surface area (Å²) in [4.78, 5) is 21.9. The lowest BCUT2D eigenvalue weighted by Crippen LogP contribution is -2.34. The van der Waals surface area contributed by atoms with Gasteiger partial charge in [-0.05, 0) is 18.2 Å². The molecule has 0 bridgehead atoms. The van der Waals surface area contributed by atoms with Crippen LogP contribution in [0.3, 0.4) is 0 Å². The molecule has 3 amide bonds. The van der Waals surface area contributed by atoms with E-state index in [4.69, 9.17) is 58.0 Å². The van der Waals surface area contributed by atoms with Crippen molar-refractivity contribution in [3.05, 3.63) is 57.0 Å². The first kappa shape index (κ1) is 22.8. The number of amides is 3. The lowest BCUT2D eigenvalue weighted by molar-refractivity contribution is -0.163. The summed E-state index contributed by atoms with van der Waals surface area (Å²) >= 11 is 27.9. The second-order valence-corrected chi connectivity index (χ2v) is 7.43. The Labute approximate surface area is 182 Å². The average Bonchev–Trinajstić information content (AvgIpc) is 2.59. The van der Waals surface area contributed by atoms with Gasteiger partial charge in [-0.2, -0.15) is 8.78 Å². The van der Waals surface area contributed by atoms with Crippen molar-refractivity contribution in [1.82, 2.24) is 5.32 Å². The van der Waals surface area contributed by atoms with Gasteiger partial charge in [0.15, 0.2) is 0 Å². The number of imide groups is 1. The van der Waals surface area contributed by atoms with Gasteiger partial charge >= 0.3 is 12.1 Å². The lowest BCUT2D eigenvalue weighted by Gasteiger charge is -2.20. The van der Waals surface area contributed by atoms with Crippen molar-refractivity contribution in [1.29, 1.82) is 0 Å². The third-order valence-electron chi connectivity index (χ3n) is 3.12. The number of alkyl halides is 4. The van der Waals surface area contributed by atoms with Gasteiger partial charge in [0.2, 0.25) is 4.84 Å². The molecular formula is C16H9Cl5F2N2O3. The quantitative estimate of drug-likeness (QED) is 0.476. The number of hydrogen-bond donors (Lipinski definition) is 2. The van der Waals surface area contributed by atoms with E-state index in [1.165, 1.54) is 12.1 Å². The van der Waals surface area contributed by atoms with E-state index in [1.807, 2.05) is 5.32 Å². The largest absolute Gasteiger partial charge is 0.429 e. The molecule has 2 aromatic carbocycles. The van der Waals surface area contributed by atoms with E-state index < -0.39 is 28.6 Å². The van der Waals surface area contributed by atoms with Crippen LogP contribution in [0.4, 0.5) is 19.3 Å². The van der Waals surface area contributed by atoms with Gasteiger partial charge in [0.25, 0.3) is 5.91 Å². The van der Waals surface area contributed by atoms with Crippen LogP contribution < -0.4 is 15.4 Å². The molecule has 2 N–H and O–H groups in total. The molecule has 5 nitrogen and oxygen atoms in total. The van der Waals surface area contributed by atoms with Crippen LogP contribution in [0.15, 0.2) is 36.4 Å². The van der Waals surface area contributed by atoms with Gasteiger partial charge in [0.05, 0.1) is 26.3 Å². The highest BCUT2D eigenvalue weighted by atomic mass is 35.5. The molecule has 28 heavy (non-hydrogen) atoms. The van der Waals surface area contributed by atoms with E-state index in [2.05, 4.69) is 10.1 Å². The van der Waals surface area contributed by atoms with Gasteiger partial charge in [-0.3, -0.25) is 10.1 Å². The summed E-state index contributed by atoms with van der Waals surface area (Å²) in [5, 5.41) is 3.93. The number of halogens is 7. The maximum Gasteiger partial charge on any atom is 0.428 e. The Morgan fingerprint density at radius 3 is 2.25 bits per heavy atom. The zero-order valence-electron chi connectivity index (χ0n) is 13.4. The number of hydrogen-bond acceptors (Lipinski definition) is 3. The fraction of sp³-hybridized carbons (Fsp3) is 0.125. The number of benzene rings is 2. The molecule has 12 heteroatoms. The minimum atomic E-state index is -3.93. The number of carbonyl (C=O) groups excluding carboxylic acids is 2. The summed E-state index contributed by atoms with van der Waals surface area (Å²) < 4.78 is 31.3. The van der Waals surface area contributed by atoms with Gasteiger partial charge in [0.1, 0.15) is 5.75 Å². The van der Waals surface area contributed by atoms with Gasteiger partial charge in [-0.15, -0.1) is 0 Å². The minimum Gasteiger partial charge on any atom is -0.429 e. The van der Waals surface area contributed by atoms with Crippen LogP contribution in [0.5, 0.6) is 5.75 Å². The summed E-state index contributed by atoms with van der Waals surface area (Å²) in [5.74, 6) is -1.28. The Morgan fingerprint density at radius 1 is 1.00 bits per heavy atom. The van der Waals surface area contributed by atoms with Gasteiger partial charge in [-0.25, -0.2) is 4.79 Å². The summed E-state index contributed by atoms with van der Waals surface area (Å²) in [6.07, 6.45) is -3.93. The van der Waals surface area contributed by atoms with Crippen molar-refractivity contribution in [2.24, 2.45) is 0 Å². The summed E-state index contributed by atoms with van der Waals surface area (Å²) in [6, 6.07) is 7.10. The zero-order chi connectivity index (χ0) is 21.1. The predicted octanol–water partition coefficient (Wildman–Crippen LogP) is 6.38. The van der Waals surface area contributed by atoms with Crippen LogP contribution in [0.2, 0.25) is 15.1 Å². The van der Waals surface area contributed by atoms with Crippen LogP contribution in [0, 0.1) is 0 Å². The lowest BCUT2D eigenvalue weighted by atomic mass is 10.2. The smallest absolute Gasteiger partial charge is 0.428 e. The normalized spacial score (nSPS) is 11.3.